The molecule has 17 heavy (non-hydrogen) atoms. The van der Waals surface area contributed by atoms with Crippen molar-refractivity contribution >= 4 is 11.0 Å². The first-order chi connectivity index (χ1) is 8.36. The van der Waals surface area contributed by atoms with Gasteiger partial charge in [-0.15, -0.1) is 10.2 Å². The van der Waals surface area contributed by atoms with Gasteiger partial charge in [-0.25, -0.2) is 4.68 Å². The summed E-state index contributed by atoms with van der Waals surface area (Å²) < 4.78 is 3.63. The van der Waals surface area contributed by atoms with Gasteiger partial charge in [-0.3, -0.25) is 4.68 Å². The predicted molar refractivity (Wildman–Crippen MR) is 62.3 cm³/mol. The number of aryl methyl sites for hydroxylation is 1. The van der Waals surface area contributed by atoms with Gasteiger partial charge in [0.15, 0.2) is 0 Å². The highest BCUT2D eigenvalue weighted by Gasteiger charge is 2.06. The number of aromatic nitrogens is 6. The first kappa shape index (κ1) is 9.95. The van der Waals surface area contributed by atoms with Gasteiger partial charge in [0, 0.05) is 6.54 Å². The Labute approximate surface area is 97.9 Å². The summed E-state index contributed by atoms with van der Waals surface area (Å²) in [6.07, 6.45) is 1.93. The Bertz CT molecular complexity index is 638. The molecule has 0 aliphatic heterocycles. The number of hydrogen-bond acceptors (Lipinski definition) is 4. The van der Waals surface area contributed by atoms with E-state index in [4.69, 9.17) is 0 Å². The molecule has 0 amide bonds. The molecule has 2 aromatic heterocycles. The van der Waals surface area contributed by atoms with E-state index in [2.05, 4.69) is 20.6 Å². The third-order valence-corrected chi connectivity index (χ3v) is 2.64. The molecule has 3 rings (SSSR count). The Morgan fingerprint density at radius 1 is 1.12 bits per heavy atom. The van der Waals surface area contributed by atoms with Crippen LogP contribution in [0.1, 0.15) is 12.6 Å². The number of rotatable bonds is 3. The molecule has 6 heteroatoms. The average Bonchev–Trinajstić information content (AvgIpc) is 2.97. The van der Waals surface area contributed by atoms with Crippen molar-refractivity contribution in [1.29, 1.82) is 0 Å². The summed E-state index contributed by atoms with van der Waals surface area (Å²) in [6, 6.07) is 7.88. The van der Waals surface area contributed by atoms with E-state index in [-0.39, 0.29) is 0 Å². The fraction of sp³-hybridized carbons (Fsp3) is 0.273. The molecule has 0 spiro atoms. The minimum Gasteiger partial charge on any atom is -0.252 e. The monoisotopic (exact) mass is 228 g/mol. The van der Waals surface area contributed by atoms with Crippen LogP contribution in [-0.2, 0) is 13.1 Å². The van der Waals surface area contributed by atoms with Gasteiger partial charge in [-0.05, 0) is 19.1 Å². The van der Waals surface area contributed by atoms with Gasteiger partial charge in [0.1, 0.15) is 11.2 Å². The largest absolute Gasteiger partial charge is 0.252 e. The van der Waals surface area contributed by atoms with Crippen molar-refractivity contribution in [2.75, 3.05) is 0 Å². The van der Waals surface area contributed by atoms with Crippen LogP contribution in [-0.4, -0.2) is 30.0 Å². The zero-order valence-electron chi connectivity index (χ0n) is 9.48. The first-order valence-corrected chi connectivity index (χ1v) is 5.54. The number of para-hydroxylation sites is 1. The summed E-state index contributed by atoms with van der Waals surface area (Å²) in [5, 5.41) is 16.3. The highest BCUT2D eigenvalue weighted by Crippen LogP contribution is 2.10. The Hall–Kier alpha value is -2.24. The molecule has 6 nitrogen and oxygen atoms in total. The van der Waals surface area contributed by atoms with Gasteiger partial charge in [-0.1, -0.05) is 22.6 Å². The normalized spacial score (nSPS) is 11.1. The quantitative estimate of drug-likeness (QED) is 0.673. The molecule has 0 saturated heterocycles. The first-order valence-electron chi connectivity index (χ1n) is 5.54. The van der Waals surface area contributed by atoms with Crippen molar-refractivity contribution in [2.24, 2.45) is 0 Å². The molecule has 0 aliphatic rings. The van der Waals surface area contributed by atoms with Crippen LogP contribution >= 0.6 is 0 Å². The summed E-state index contributed by atoms with van der Waals surface area (Å²) in [7, 11) is 0. The summed E-state index contributed by atoms with van der Waals surface area (Å²) in [5.74, 6) is 0. The summed E-state index contributed by atoms with van der Waals surface area (Å²) in [4.78, 5) is 0. The molecule has 0 unspecified atom stereocenters. The molecular weight excluding hydrogens is 216 g/mol. The number of nitrogens with zero attached hydrogens (tertiary/aromatic N) is 6. The fourth-order valence-corrected chi connectivity index (χ4v) is 1.75. The molecular formula is C11H12N6. The average molecular weight is 228 g/mol. The molecule has 0 aliphatic carbocycles. The maximum atomic E-state index is 4.12. The summed E-state index contributed by atoms with van der Waals surface area (Å²) in [5.41, 5.74) is 2.80. The lowest BCUT2D eigenvalue weighted by Crippen LogP contribution is -2.02. The molecule has 86 valence electrons. The van der Waals surface area contributed by atoms with Gasteiger partial charge in [-0.2, -0.15) is 0 Å². The minimum atomic E-state index is 0.598. The van der Waals surface area contributed by atoms with Gasteiger partial charge in [0.25, 0.3) is 0 Å². The molecule has 0 bridgehead atoms. The highest BCUT2D eigenvalue weighted by atomic mass is 15.5. The van der Waals surface area contributed by atoms with Gasteiger partial charge >= 0.3 is 0 Å². The highest BCUT2D eigenvalue weighted by molar-refractivity contribution is 5.73. The van der Waals surface area contributed by atoms with Crippen molar-refractivity contribution in [3.05, 3.63) is 36.2 Å². The van der Waals surface area contributed by atoms with E-state index in [0.29, 0.717) is 6.54 Å². The van der Waals surface area contributed by atoms with E-state index in [1.54, 1.807) is 4.68 Å². The zero-order chi connectivity index (χ0) is 11.7. The Kier molecular flexibility index (Phi) is 2.32. The lowest BCUT2D eigenvalue weighted by atomic mass is 10.3. The van der Waals surface area contributed by atoms with E-state index in [1.165, 1.54) is 0 Å². The molecule has 1 aromatic carbocycles. The smallest absolute Gasteiger partial charge is 0.113 e. The maximum absolute atomic E-state index is 4.12. The van der Waals surface area contributed by atoms with Crippen LogP contribution < -0.4 is 0 Å². The van der Waals surface area contributed by atoms with Crippen molar-refractivity contribution < 1.29 is 0 Å². The topological polar surface area (TPSA) is 61.4 Å². The van der Waals surface area contributed by atoms with Crippen LogP contribution in [0.25, 0.3) is 11.0 Å². The Balaban J connectivity index is 1.94. The van der Waals surface area contributed by atoms with E-state index >= 15 is 0 Å². The lowest BCUT2D eigenvalue weighted by molar-refractivity contribution is 0.625. The molecule has 0 N–H and O–H groups in total. The van der Waals surface area contributed by atoms with Gasteiger partial charge in [0.05, 0.1) is 18.3 Å². The summed E-state index contributed by atoms with van der Waals surface area (Å²) in [6.45, 7) is 3.45. The van der Waals surface area contributed by atoms with Gasteiger partial charge < -0.3 is 0 Å². The second-order valence-corrected chi connectivity index (χ2v) is 3.80. The minimum absolute atomic E-state index is 0.598. The van der Waals surface area contributed by atoms with Crippen molar-refractivity contribution in [2.45, 2.75) is 20.0 Å². The molecule has 0 saturated carbocycles. The molecule has 0 radical (unpaired) electrons. The molecule has 0 fully saturated rings. The van der Waals surface area contributed by atoms with Crippen LogP contribution in [0.15, 0.2) is 30.5 Å². The second-order valence-electron chi connectivity index (χ2n) is 3.80. The number of fused-ring (bicyclic) bond motifs is 1. The third-order valence-electron chi connectivity index (χ3n) is 2.64. The van der Waals surface area contributed by atoms with Crippen molar-refractivity contribution in [3.8, 4) is 0 Å². The predicted octanol–water partition coefficient (Wildman–Crippen LogP) is 1.09. The number of benzene rings is 1. The van der Waals surface area contributed by atoms with Crippen LogP contribution in [0.2, 0.25) is 0 Å². The van der Waals surface area contributed by atoms with Crippen molar-refractivity contribution in [3.63, 3.8) is 0 Å². The number of hydrogen-bond donors (Lipinski definition) is 0. The Morgan fingerprint density at radius 2 is 2.00 bits per heavy atom. The van der Waals surface area contributed by atoms with Crippen LogP contribution in [0.5, 0.6) is 0 Å². The standard InChI is InChI=1S/C11H12N6/c1-2-16-7-9(12-14-16)8-17-11-6-4-3-5-10(11)13-15-17/h3-7H,2,8H2,1H3. The zero-order valence-corrected chi connectivity index (χ0v) is 9.48. The molecule has 3 aromatic rings. The molecule has 2 heterocycles. The van der Waals surface area contributed by atoms with Crippen LogP contribution in [0, 0.1) is 0 Å². The van der Waals surface area contributed by atoms with Crippen molar-refractivity contribution in [1.82, 2.24) is 30.0 Å². The lowest BCUT2D eigenvalue weighted by Gasteiger charge is -1.97. The third kappa shape index (κ3) is 1.77. The van der Waals surface area contributed by atoms with E-state index in [0.717, 1.165) is 23.3 Å². The fourth-order valence-electron chi connectivity index (χ4n) is 1.75. The Morgan fingerprint density at radius 3 is 2.82 bits per heavy atom. The van der Waals surface area contributed by atoms with Crippen LogP contribution in [0.4, 0.5) is 0 Å². The summed E-state index contributed by atoms with van der Waals surface area (Å²) >= 11 is 0. The van der Waals surface area contributed by atoms with E-state index < -0.39 is 0 Å². The second kappa shape index (κ2) is 3.97. The van der Waals surface area contributed by atoms with E-state index in [1.807, 2.05) is 42.1 Å². The van der Waals surface area contributed by atoms with Crippen LogP contribution in [0.3, 0.4) is 0 Å². The molecule has 0 atom stereocenters. The van der Waals surface area contributed by atoms with Gasteiger partial charge in [0.2, 0.25) is 0 Å². The SMILES string of the molecule is CCn1cc(Cn2nnc3ccccc32)nn1. The maximum Gasteiger partial charge on any atom is 0.113 e. The van der Waals surface area contributed by atoms with E-state index in [9.17, 15) is 0 Å².